The Labute approximate surface area is 177 Å². The van der Waals surface area contributed by atoms with Gasteiger partial charge in [-0.1, -0.05) is 0 Å². The second-order valence-corrected chi connectivity index (χ2v) is 9.29. The Bertz CT molecular complexity index is 834. The second kappa shape index (κ2) is 10.4. The fraction of sp³-hybridized carbons (Fsp3) is 0.650. The summed E-state index contributed by atoms with van der Waals surface area (Å²) in [5.41, 5.74) is 0.114. The summed E-state index contributed by atoms with van der Waals surface area (Å²) in [6.07, 6.45) is 3.15. The molecule has 2 aliphatic rings. The van der Waals surface area contributed by atoms with Crippen molar-refractivity contribution in [3.8, 4) is 11.5 Å². The van der Waals surface area contributed by atoms with Crippen LogP contribution in [0.5, 0.6) is 11.5 Å². The molecule has 10 heteroatoms. The van der Waals surface area contributed by atoms with E-state index >= 15 is 0 Å². The summed E-state index contributed by atoms with van der Waals surface area (Å²) in [6, 6.07) is 2.72. The normalized spacial score (nSPS) is 17.5. The van der Waals surface area contributed by atoms with E-state index in [-0.39, 0.29) is 35.0 Å². The predicted molar refractivity (Wildman–Crippen MR) is 110 cm³/mol. The van der Waals surface area contributed by atoms with Gasteiger partial charge in [-0.25, -0.2) is 8.42 Å². The van der Waals surface area contributed by atoms with Crippen LogP contribution in [0.15, 0.2) is 17.0 Å². The van der Waals surface area contributed by atoms with Gasteiger partial charge < -0.3 is 24.3 Å². The standard InChI is InChI=1S/C20H30N2O7S/c1-26-18-13-16(30(24,25)22-7-10-28-11-8-22)12-17(19(18)27-2)20(23)21-6-3-9-29-14-15-4-5-15/h12-13,15H,3-11,14H2,1-2H3,(H,21,23). The average molecular weight is 443 g/mol. The van der Waals surface area contributed by atoms with Gasteiger partial charge in [-0.05, 0) is 31.2 Å². The molecule has 1 saturated heterocycles. The number of morpholine rings is 1. The molecule has 1 N–H and O–H groups in total. The number of ether oxygens (including phenoxy) is 4. The minimum Gasteiger partial charge on any atom is -0.493 e. The highest BCUT2D eigenvalue weighted by Crippen LogP contribution is 2.35. The SMILES string of the molecule is COc1cc(S(=O)(=O)N2CCOCC2)cc(C(=O)NCCCOCC2CC2)c1OC. The van der Waals surface area contributed by atoms with Crippen molar-refractivity contribution in [1.82, 2.24) is 9.62 Å². The topological polar surface area (TPSA) is 103 Å². The van der Waals surface area contributed by atoms with Gasteiger partial charge in [0.1, 0.15) is 0 Å². The van der Waals surface area contributed by atoms with Crippen LogP contribution in [0.2, 0.25) is 0 Å². The first-order valence-electron chi connectivity index (χ1n) is 10.2. The summed E-state index contributed by atoms with van der Waals surface area (Å²) in [4.78, 5) is 12.8. The Morgan fingerprint density at radius 2 is 1.93 bits per heavy atom. The molecule has 1 aromatic rings. The highest BCUT2D eigenvalue weighted by Gasteiger charge is 2.30. The maximum absolute atomic E-state index is 13.0. The van der Waals surface area contributed by atoms with Crippen LogP contribution in [-0.2, 0) is 19.5 Å². The Morgan fingerprint density at radius 3 is 2.57 bits per heavy atom. The predicted octanol–water partition coefficient (Wildman–Crippen LogP) is 1.27. The largest absolute Gasteiger partial charge is 0.493 e. The number of nitrogens with one attached hydrogen (secondary N) is 1. The number of benzene rings is 1. The molecule has 1 saturated carbocycles. The van der Waals surface area contributed by atoms with Crippen molar-refractivity contribution in [2.75, 3.05) is 60.3 Å². The molecule has 1 aromatic carbocycles. The van der Waals surface area contributed by atoms with Gasteiger partial charge in [0.05, 0.1) is 37.9 Å². The lowest BCUT2D eigenvalue weighted by Gasteiger charge is -2.26. The van der Waals surface area contributed by atoms with Crippen LogP contribution in [0.3, 0.4) is 0 Å². The first-order chi connectivity index (χ1) is 14.5. The molecule has 0 aromatic heterocycles. The van der Waals surface area contributed by atoms with Gasteiger partial charge >= 0.3 is 0 Å². The summed E-state index contributed by atoms with van der Waals surface area (Å²) < 4.78 is 48.9. The van der Waals surface area contributed by atoms with Gasteiger partial charge in [-0.15, -0.1) is 0 Å². The lowest BCUT2D eigenvalue weighted by molar-refractivity contribution is 0.0730. The molecule has 0 bridgehead atoms. The highest BCUT2D eigenvalue weighted by molar-refractivity contribution is 7.89. The fourth-order valence-electron chi connectivity index (χ4n) is 3.20. The van der Waals surface area contributed by atoms with Gasteiger partial charge in [0.25, 0.3) is 5.91 Å². The average Bonchev–Trinajstić information content (AvgIpc) is 3.59. The van der Waals surface area contributed by atoms with Crippen molar-refractivity contribution in [1.29, 1.82) is 0 Å². The van der Waals surface area contributed by atoms with E-state index in [4.69, 9.17) is 18.9 Å². The van der Waals surface area contributed by atoms with Crippen LogP contribution in [-0.4, -0.2) is 78.9 Å². The van der Waals surface area contributed by atoms with Crippen molar-refractivity contribution >= 4 is 15.9 Å². The minimum absolute atomic E-state index is 0.0139. The van der Waals surface area contributed by atoms with Crippen molar-refractivity contribution in [2.24, 2.45) is 5.92 Å². The van der Waals surface area contributed by atoms with Crippen molar-refractivity contribution < 1.29 is 32.2 Å². The molecular formula is C20H30N2O7S. The van der Waals surface area contributed by atoms with E-state index in [0.717, 1.165) is 6.61 Å². The van der Waals surface area contributed by atoms with Crippen LogP contribution < -0.4 is 14.8 Å². The van der Waals surface area contributed by atoms with E-state index in [9.17, 15) is 13.2 Å². The third-order valence-electron chi connectivity index (χ3n) is 5.11. The third kappa shape index (κ3) is 5.63. The van der Waals surface area contributed by atoms with Crippen LogP contribution in [0, 0.1) is 5.92 Å². The van der Waals surface area contributed by atoms with E-state index in [1.54, 1.807) is 0 Å². The maximum Gasteiger partial charge on any atom is 0.255 e. The first-order valence-corrected chi connectivity index (χ1v) is 11.6. The van der Waals surface area contributed by atoms with E-state index in [0.29, 0.717) is 38.7 Å². The van der Waals surface area contributed by atoms with Gasteiger partial charge in [-0.2, -0.15) is 4.31 Å². The molecule has 0 spiro atoms. The molecule has 1 aliphatic heterocycles. The van der Waals surface area contributed by atoms with Gasteiger partial charge in [0.15, 0.2) is 11.5 Å². The molecule has 30 heavy (non-hydrogen) atoms. The van der Waals surface area contributed by atoms with E-state index in [1.807, 2.05) is 0 Å². The van der Waals surface area contributed by atoms with E-state index in [1.165, 1.54) is 43.5 Å². The molecule has 0 atom stereocenters. The van der Waals surface area contributed by atoms with Crippen LogP contribution >= 0.6 is 0 Å². The highest BCUT2D eigenvalue weighted by atomic mass is 32.2. The number of methoxy groups -OCH3 is 2. The molecule has 0 unspecified atom stereocenters. The lowest BCUT2D eigenvalue weighted by Crippen LogP contribution is -2.40. The molecule has 1 heterocycles. The van der Waals surface area contributed by atoms with E-state index < -0.39 is 15.9 Å². The van der Waals surface area contributed by atoms with Crippen molar-refractivity contribution in [2.45, 2.75) is 24.2 Å². The number of carbonyl (C=O) groups excluding carboxylic acids is 1. The number of carbonyl (C=O) groups is 1. The number of amides is 1. The Kier molecular flexibility index (Phi) is 7.93. The molecule has 0 radical (unpaired) electrons. The summed E-state index contributed by atoms with van der Waals surface area (Å²) >= 11 is 0. The van der Waals surface area contributed by atoms with E-state index in [2.05, 4.69) is 5.32 Å². The summed E-state index contributed by atoms with van der Waals surface area (Å²) in [6.45, 7) is 2.96. The maximum atomic E-state index is 13.0. The fourth-order valence-corrected chi connectivity index (χ4v) is 4.65. The second-order valence-electron chi connectivity index (χ2n) is 7.35. The Morgan fingerprint density at radius 1 is 1.20 bits per heavy atom. The van der Waals surface area contributed by atoms with Crippen LogP contribution in [0.1, 0.15) is 29.6 Å². The van der Waals surface area contributed by atoms with Gasteiger partial charge in [0, 0.05) is 38.9 Å². The molecule has 3 rings (SSSR count). The summed E-state index contributed by atoms with van der Waals surface area (Å²) in [5.74, 6) is 0.657. The summed E-state index contributed by atoms with van der Waals surface area (Å²) in [7, 11) is -0.975. The molecule has 9 nitrogen and oxygen atoms in total. The zero-order valence-electron chi connectivity index (χ0n) is 17.5. The third-order valence-corrected chi connectivity index (χ3v) is 6.98. The Hall–Kier alpha value is -1.88. The number of rotatable bonds is 11. The van der Waals surface area contributed by atoms with Crippen molar-refractivity contribution in [3.05, 3.63) is 17.7 Å². The first kappa shape index (κ1) is 22.8. The Balaban J connectivity index is 1.72. The summed E-state index contributed by atoms with van der Waals surface area (Å²) in [5, 5.41) is 2.80. The molecule has 2 fully saturated rings. The van der Waals surface area contributed by atoms with Gasteiger partial charge in [-0.3, -0.25) is 4.79 Å². The smallest absolute Gasteiger partial charge is 0.255 e. The van der Waals surface area contributed by atoms with Crippen LogP contribution in [0.4, 0.5) is 0 Å². The molecule has 1 amide bonds. The quantitative estimate of drug-likeness (QED) is 0.515. The number of nitrogens with zero attached hydrogens (tertiary/aromatic N) is 1. The monoisotopic (exact) mass is 442 g/mol. The number of hydrogen-bond donors (Lipinski definition) is 1. The number of hydrogen-bond acceptors (Lipinski definition) is 7. The number of sulfonamides is 1. The van der Waals surface area contributed by atoms with Crippen LogP contribution in [0.25, 0.3) is 0 Å². The minimum atomic E-state index is -3.79. The zero-order valence-corrected chi connectivity index (χ0v) is 18.3. The molecule has 1 aliphatic carbocycles. The molecule has 168 valence electrons. The van der Waals surface area contributed by atoms with Gasteiger partial charge in [0.2, 0.25) is 10.0 Å². The lowest BCUT2D eigenvalue weighted by atomic mass is 10.1. The molecular weight excluding hydrogens is 412 g/mol. The van der Waals surface area contributed by atoms with Crippen molar-refractivity contribution in [3.63, 3.8) is 0 Å². The zero-order chi connectivity index (χ0) is 21.6.